The maximum absolute atomic E-state index is 14.1. The number of rotatable bonds is 6. The van der Waals surface area contributed by atoms with Crippen LogP contribution in [0.25, 0.3) is 22.3 Å². The van der Waals surface area contributed by atoms with Crippen LogP contribution in [0.5, 0.6) is 5.75 Å². The smallest absolute Gasteiger partial charge is 0.162 e. The maximum atomic E-state index is 14.1. The third kappa shape index (κ3) is 3.78. The molecule has 0 aliphatic rings. The molecule has 2 N–H and O–H groups in total. The molecule has 154 valence electrons. The number of benzene rings is 2. The van der Waals surface area contributed by atoms with Gasteiger partial charge in [-0.25, -0.2) is 19.3 Å². The largest absolute Gasteiger partial charge is 0.496 e. The Morgan fingerprint density at radius 3 is 2.73 bits per heavy atom. The first-order valence-electron chi connectivity index (χ1n) is 9.19. The van der Waals surface area contributed by atoms with E-state index in [0.717, 1.165) is 16.7 Å². The van der Waals surface area contributed by atoms with Gasteiger partial charge in [-0.1, -0.05) is 29.3 Å². The molecular weight excluding hydrogens is 428 g/mol. The molecule has 0 spiro atoms. The van der Waals surface area contributed by atoms with E-state index in [0.29, 0.717) is 46.3 Å². The highest BCUT2D eigenvalue weighted by atomic mass is 35.5. The van der Waals surface area contributed by atoms with E-state index in [1.165, 1.54) is 18.5 Å². The van der Waals surface area contributed by atoms with E-state index < -0.39 is 5.82 Å². The number of aromatic amines is 1. The molecule has 0 aliphatic heterocycles. The molecule has 0 aliphatic carbocycles. The Bertz CT molecular complexity index is 1230. The van der Waals surface area contributed by atoms with Crippen molar-refractivity contribution in [3.63, 3.8) is 0 Å². The molecule has 0 fully saturated rings. The van der Waals surface area contributed by atoms with Crippen LogP contribution >= 0.6 is 23.2 Å². The minimum absolute atomic E-state index is 0.0661. The van der Waals surface area contributed by atoms with Crippen LogP contribution in [-0.4, -0.2) is 33.6 Å². The minimum Gasteiger partial charge on any atom is -0.496 e. The second-order valence-corrected chi connectivity index (χ2v) is 7.49. The second kappa shape index (κ2) is 8.45. The summed E-state index contributed by atoms with van der Waals surface area (Å²) in [5, 5.41) is 3.92. The van der Waals surface area contributed by atoms with Gasteiger partial charge in [0.15, 0.2) is 11.5 Å². The minimum atomic E-state index is -0.495. The monoisotopic (exact) mass is 445 g/mol. The third-order valence-corrected chi connectivity index (χ3v) is 5.57. The Labute approximate surface area is 182 Å². The zero-order chi connectivity index (χ0) is 21.3. The van der Waals surface area contributed by atoms with Crippen LogP contribution < -0.4 is 10.1 Å². The first kappa shape index (κ1) is 20.4. The summed E-state index contributed by atoms with van der Waals surface area (Å²) >= 11 is 12.3. The van der Waals surface area contributed by atoms with Crippen molar-refractivity contribution >= 4 is 40.2 Å². The van der Waals surface area contributed by atoms with Crippen LogP contribution in [0.4, 0.5) is 10.2 Å². The zero-order valence-corrected chi connectivity index (χ0v) is 17.8. The number of imidazole rings is 1. The van der Waals surface area contributed by atoms with Gasteiger partial charge in [-0.05, 0) is 48.2 Å². The van der Waals surface area contributed by atoms with Gasteiger partial charge in [0.1, 0.15) is 23.4 Å². The lowest BCUT2D eigenvalue weighted by atomic mass is 9.95. The molecule has 0 unspecified atom stereocenters. The van der Waals surface area contributed by atoms with Crippen LogP contribution in [0.2, 0.25) is 10.0 Å². The van der Waals surface area contributed by atoms with Crippen LogP contribution in [0.3, 0.4) is 0 Å². The number of methoxy groups -OCH3 is 1. The molecular formula is C21H18Cl2FN5O. The summed E-state index contributed by atoms with van der Waals surface area (Å²) in [7, 11) is 1.59. The molecule has 9 heteroatoms. The second-order valence-electron chi connectivity index (χ2n) is 6.68. The Morgan fingerprint density at radius 2 is 1.97 bits per heavy atom. The van der Waals surface area contributed by atoms with E-state index >= 15 is 0 Å². The van der Waals surface area contributed by atoms with Crippen molar-refractivity contribution in [3.05, 3.63) is 63.9 Å². The average molecular weight is 446 g/mol. The number of hydrogen-bond acceptors (Lipinski definition) is 5. The number of nitrogens with one attached hydrogen (secondary N) is 2. The molecule has 4 rings (SSSR count). The van der Waals surface area contributed by atoms with Crippen molar-refractivity contribution in [2.24, 2.45) is 0 Å². The van der Waals surface area contributed by atoms with Crippen molar-refractivity contribution in [2.45, 2.75) is 13.3 Å². The summed E-state index contributed by atoms with van der Waals surface area (Å²) in [6.07, 6.45) is 3.65. The molecule has 0 radical (unpaired) electrons. The van der Waals surface area contributed by atoms with Crippen molar-refractivity contribution in [1.29, 1.82) is 0 Å². The van der Waals surface area contributed by atoms with E-state index in [1.807, 2.05) is 13.0 Å². The zero-order valence-electron chi connectivity index (χ0n) is 16.3. The number of H-pyrrole nitrogens is 1. The van der Waals surface area contributed by atoms with E-state index in [1.54, 1.807) is 19.5 Å². The van der Waals surface area contributed by atoms with Crippen molar-refractivity contribution in [1.82, 2.24) is 19.9 Å². The number of aromatic nitrogens is 4. The predicted molar refractivity (Wildman–Crippen MR) is 117 cm³/mol. The molecule has 4 aromatic rings. The highest BCUT2D eigenvalue weighted by molar-refractivity contribution is 6.32. The normalized spacial score (nSPS) is 11.1. The fourth-order valence-corrected chi connectivity index (χ4v) is 3.75. The van der Waals surface area contributed by atoms with Crippen LogP contribution in [0.1, 0.15) is 11.1 Å². The number of hydrogen-bond donors (Lipinski definition) is 2. The molecule has 0 amide bonds. The summed E-state index contributed by atoms with van der Waals surface area (Å²) in [6.45, 7) is 2.44. The van der Waals surface area contributed by atoms with Gasteiger partial charge >= 0.3 is 0 Å². The predicted octanol–water partition coefficient (Wildman–Crippen LogP) is 5.44. The van der Waals surface area contributed by atoms with Crippen LogP contribution in [-0.2, 0) is 6.42 Å². The molecule has 0 bridgehead atoms. The molecule has 2 aromatic carbocycles. The van der Waals surface area contributed by atoms with Gasteiger partial charge in [-0.3, -0.25) is 0 Å². The summed E-state index contributed by atoms with van der Waals surface area (Å²) in [6, 6.07) is 6.54. The van der Waals surface area contributed by atoms with Crippen molar-refractivity contribution < 1.29 is 9.13 Å². The molecule has 2 heterocycles. The van der Waals surface area contributed by atoms with Gasteiger partial charge in [0, 0.05) is 17.1 Å². The number of fused-ring (bicyclic) bond motifs is 1. The molecule has 6 nitrogen and oxygen atoms in total. The average Bonchev–Trinajstić information content (AvgIpc) is 3.22. The lowest BCUT2D eigenvalue weighted by Gasteiger charge is -2.18. The lowest BCUT2D eigenvalue weighted by Crippen LogP contribution is -2.09. The third-order valence-electron chi connectivity index (χ3n) is 4.87. The van der Waals surface area contributed by atoms with Crippen molar-refractivity contribution in [3.8, 4) is 16.9 Å². The van der Waals surface area contributed by atoms with Crippen LogP contribution in [0.15, 0.2) is 36.9 Å². The van der Waals surface area contributed by atoms with Gasteiger partial charge in [0.05, 0.1) is 18.5 Å². The van der Waals surface area contributed by atoms with E-state index in [4.69, 9.17) is 27.9 Å². The van der Waals surface area contributed by atoms with Gasteiger partial charge in [0.25, 0.3) is 0 Å². The van der Waals surface area contributed by atoms with E-state index in [-0.39, 0.29) is 5.02 Å². The van der Waals surface area contributed by atoms with E-state index in [9.17, 15) is 4.39 Å². The summed E-state index contributed by atoms with van der Waals surface area (Å²) in [4.78, 5) is 15.6. The highest BCUT2D eigenvalue weighted by Gasteiger charge is 2.18. The highest BCUT2D eigenvalue weighted by Crippen LogP contribution is 2.41. The van der Waals surface area contributed by atoms with Gasteiger partial charge < -0.3 is 15.0 Å². The van der Waals surface area contributed by atoms with Gasteiger partial charge in [0.2, 0.25) is 0 Å². The van der Waals surface area contributed by atoms with Crippen LogP contribution in [0, 0.1) is 12.7 Å². The topological polar surface area (TPSA) is 75.7 Å². The maximum Gasteiger partial charge on any atom is 0.162 e. The summed E-state index contributed by atoms with van der Waals surface area (Å²) < 4.78 is 19.8. The molecule has 0 saturated heterocycles. The fourth-order valence-electron chi connectivity index (χ4n) is 3.40. The first-order chi connectivity index (χ1) is 14.5. The molecule has 0 atom stereocenters. The van der Waals surface area contributed by atoms with Gasteiger partial charge in [-0.2, -0.15) is 0 Å². The number of anilines is 1. The summed E-state index contributed by atoms with van der Waals surface area (Å²) in [5.74, 6) is 0.789. The number of halogens is 3. The first-order valence-corrected chi connectivity index (χ1v) is 9.94. The Morgan fingerprint density at radius 1 is 1.13 bits per heavy atom. The van der Waals surface area contributed by atoms with Crippen molar-refractivity contribution in [2.75, 3.05) is 19.0 Å². The fraction of sp³-hybridized carbons (Fsp3) is 0.190. The van der Waals surface area contributed by atoms with E-state index in [2.05, 4.69) is 25.3 Å². The van der Waals surface area contributed by atoms with Gasteiger partial charge in [-0.15, -0.1) is 0 Å². The Balaban J connectivity index is 1.65. The molecule has 2 aromatic heterocycles. The Hall–Kier alpha value is -2.90. The Kier molecular flexibility index (Phi) is 5.74. The molecule has 0 saturated carbocycles. The summed E-state index contributed by atoms with van der Waals surface area (Å²) in [5.41, 5.74) is 4.42. The quantitative estimate of drug-likeness (QED) is 0.413. The SMILES string of the molecule is COc1c(CCNc2ncnc3[nH]cnc23)cc(Cl)c(C)c1-c1ccc(Cl)c(F)c1. The molecule has 30 heavy (non-hydrogen) atoms. The standard InChI is InChI=1S/C21H18Cl2FN5O/c1-11-15(23)7-13(5-6-25-20-18-21(27-9-26-18)29-10-28-20)19(30-2)17(11)12-3-4-14(22)16(24)8-12/h3-4,7-10H,5-6H2,1-2H3,(H2,25,26,27,28,29). The lowest BCUT2D eigenvalue weighted by molar-refractivity contribution is 0.411. The number of ether oxygens (including phenoxy) is 1. The number of nitrogens with zero attached hydrogens (tertiary/aromatic N) is 3.